The highest BCUT2D eigenvalue weighted by Crippen LogP contribution is 2.36. The van der Waals surface area contributed by atoms with Gasteiger partial charge in [-0.2, -0.15) is 0 Å². The maximum Gasteiger partial charge on any atom is 0.00123 e. The van der Waals surface area contributed by atoms with E-state index >= 15 is 0 Å². The molecule has 0 radical (unpaired) electrons. The molecule has 3 unspecified atom stereocenters. The fourth-order valence-electron chi connectivity index (χ4n) is 3.19. The molecular weight excluding hydrogens is 158 g/mol. The average molecular weight is 181 g/mol. The van der Waals surface area contributed by atoms with E-state index in [2.05, 4.69) is 18.7 Å². The summed E-state index contributed by atoms with van der Waals surface area (Å²) in [6.45, 7) is 8.81. The van der Waals surface area contributed by atoms with Crippen LogP contribution in [0.3, 0.4) is 0 Å². The predicted molar refractivity (Wildman–Crippen MR) is 56.7 cm³/mol. The molecule has 1 saturated carbocycles. The Balaban J connectivity index is 2.02. The van der Waals surface area contributed by atoms with Crippen LogP contribution in [0.15, 0.2) is 0 Å². The fourth-order valence-corrected chi connectivity index (χ4v) is 3.19. The van der Waals surface area contributed by atoms with Crippen LogP contribution in [-0.4, -0.2) is 24.5 Å². The second-order valence-electron chi connectivity index (χ2n) is 5.12. The van der Waals surface area contributed by atoms with E-state index in [1.54, 1.807) is 0 Å². The van der Waals surface area contributed by atoms with Crippen molar-refractivity contribution < 1.29 is 0 Å². The largest absolute Gasteiger partial charge is 0.303 e. The van der Waals surface area contributed by atoms with Gasteiger partial charge in [-0.15, -0.1) is 0 Å². The van der Waals surface area contributed by atoms with Crippen LogP contribution in [0.5, 0.6) is 0 Å². The molecule has 0 aromatic carbocycles. The first-order chi connectivity index (χ1) is 6.29. The third-order valence-corrected chi connectivity index (χ3v) is 4.17. The Morgan fingerprint density at radius 2 is 2.08 bits per heavy atom. The standard InChI is InChI=1S/C12H23N/c1-3-13-8-11-6-4-5-10(2)12(7-11)9-13/h10-12H,3-9H2,1-2H3. The van der Waals surface area contributed by atoms with E-state index in [4.69, 9.17) is 0 Å². The zero-order valence-electron chi connectivity index (χ0n) is 9.13. The highest BCUT2D eigenvalue weighted by molar-refractivity contribution is 4.84. The van der Waals surface area contributed by atoms with E-state index in [1.807, 2.05) is 0 Å². The molecule has 1 heteroatoms. The lowest BCUT2D eigenvalue weighted by molar-refractivity contribution is 0.112. The topological polar surface area (TPSA) is 3.24 Å². The van der Waals surface area contributed by atoms with Crippen LogP contribution >= 0.6 is 0 Å². The van der Waals surface area contributed by atoms with Crippen molar-refractivity contribution in [3.05, 3.63) is 0 Å². The Morgan fingerprint density at radius 1 is 1.23 bits per heavy atom. The number of fused-ring (bicyclic) bond motifs is 2. The quantitative estimate of drug-likeness (QED) is 0.601. The first-order valence-electron chi connectivity index (χ1n) is 6.02. The molecule has 2 fully saturated rings. The molecule has 1 heterocycles. The van der Waals surface area contributed by atoms with Gasteiger partial charge in [0.05, 0.1) is 0 Å². The van der Waals surface area contributed by atoms with Crippen LogP contribution < -0.4 is 0 Å². The first kappa shape index (κ1) is 9.51. The molecule has 0 amide bonds. The molecule has 2 aliphatic rings. The summed E-state index contributed by atoms with van der Waals surface area (Å²) < 4.78 is 0. The minimum Gasteiger partial charge on any atom is -0.303 e. The zero-order valence-corrected chi connectivity index (χ0v) is 9.13. The van der Waals surface area contributed by atoms with E-state index in [9.17, 15) is 0 Å². The second kappa shape index (κ2) is 4.00. The van der Waals surface area contributed by atoms with Crippen molar-refractivity contribution in [2.24, 2.45) is 17.8 Å². The Morgan fingerprint density at radius 3 is 2.85 bits per heavy atom. The lowest BCUT2D eigenvalue weighted by Gasteiger charge is -2.37. The van der Waals surface area contributed by atoms with E-state index < -0.39 is 0 Å². The molecule has 2 rings (SSSR count). The summed E-state index contributed by atoms with van der Waals surface area (Å²) in [6, 6.07) is 0. The van der Waals surface area contributed by atoms with Crippen molar-refractivity contribution >= 4 is 0 Å². The monoisotopic (exact) mass is 181 g/mol. The lowest BCUT2D eigenvalue weighted by Crippen LogP contribution is -2.41. The molecule has 76 valence electrons. The average Bonchev–Trinajstić information content (AvgIpc) is 2.27. The van der Waals surface area contributed by atoms with Crippen LogP contribution in [0.4, 0.5) is 0 Å². The van der Waals surface area contributed by atoms with Crippen LogP contribution in [0.25, 0.3) is 0 Å². The smallest absolute Gasteiger partial charge is 0.00123 e. The van der Waals surface area contributed by atoms with Gasteiger partial charge in [-0.25, -0.2) is 0 Å². The molecule has 13 heavy (non-hydrogen) atoms. The molecule has 0 aromatic rings. The molecule has 1 aliphatic carbocycles. The summed E-state index contributed by atoms with van der Waals surface area (Å²) in [4.78, 5) is 2.67. The summed E-state index contributed by atoms with van der Waals surface area (Å²) >= 11 is 0. The van der Waals surface area contributed by atoms with Crippen LogP contribution in [0.1, 0.15) is 39.5 Å². The molecule has 1 nitrogen and oxygen atoms in total. The Labute approximate surface area is 82.5 Å². The van der Waals surface area contributed by atoms with E-state index in [0.717, 1.165) is 17.8 Å². The van der Waals surface area contributed by atoms with Gasteiger partial charge in [-0.05, 0) is 37.1 Å². The van der Waals surface area contributed by atoms with Crippen LogP contribution in [-0.2, 0) is 0 Å². The molecular formula is C12H23N. The first-order valence-corrected chi connectivity index (χ1v) is 6.02. The van der Waals surface area contributed by atoms with Gasteiger partial charge in [-0.3, -0.25) is 0 Å². The lowest BCUT2D eigenvalue weighted by atomic mass is 9.83. The van der Waals surface area contributed by atoms with Crippen molar-refractivity contribution in [3.8, 4) is 0 Å². The van der Waals surface area contributed by atoms with Gasteiger partial charge in [-0.1, -0.05) is 26.7 Å². The van der Waals surface area contributed by atoms with Gasteiger partial charge in [0.2, 0.25) is 0 Å². The minimum absolute atomic E-state index is 0.986. The highest BCUT2D eigenvalue weighted by atomic mass is 15.1. The summed E-state index contributed by atoms with van der Waals surface area (Å²) in [5.74, 6) is 3.03. The van der Waals surface area contributed by atoms with Gasteiger partial charge < -0.3 is 4.90 Å². The second-order valence-corrected chi connectivity index (χ2v) is 5.12. The third-order valence-electron chi connectivity index (χ3n) is 4.17. The van der Waals surface area contributed by atoms with E-state index in [0.29, 0.717) is 0 Å². The number of likely N-dealkylation sites (tertiary alicyclic amines) is 1. The van der Waals surface area contributed by atoms with Crippen LogP contribution in [0, 0.1) is 17.8 Å². The SMILES string of the molecule is CCN1CC2CCCC(C)C(C2)C1. The molecule has 0 N–H and O–H groups in total. The number of piperidine rings is 1. The summed E-state index contributed by atoms with van der Waals surface area (Å²) in [7, 11) is 0. The van der Waals surface area contributed by atoms with Crippen molar-refractivity contribution in [3.63, 3.8) is 0 Å². The molecule has 2 bridgehead atoms. The minimum atomic E-state index is 0.986. The fraction of sp³-hybridized carbons (Fsp3) is 1.00. The van der Waals surface area contributed by atoms with Crippen molar-refractivity contribution in [1.82, 2.24) is 4.90 Å². The number of rotatable bonds is 1. The normalized spacial score (nSPS) is 41.5. The highest BCUT2D eigenvalue weighted by Gasteiger charge is 2.31. The van der Waals surface area contributed by atoms with Crippen LogP contribution in [0.2, 0.25) is 0 Å². The molecule has 1 saturated heterocycles. The number of hydrogen-bond donors (Lipinski definition) is 0. The summed E-state index contributed by atoms with van der Waals surface area (Å²) in [5.41, 5.74) is 0. The van der Waals surface area contributed by atoms with Gasteiger partial charge in [0.1, 0.15) is 0 Å². The number of hydrogen-bond acceptors (Lipinski definition) is 1. The molecule has 3 atom stereocenters. The van der Waals surface area contributed by atoms with Gasteiger partial charge in [0.15, 0.2) is 0 Å². The molecule has 1 aliphatic heterocycles. The Hall–Kier alpha value is -0.0400. The van der Waals surface area contributed by atoms with E-state index in [1.165, 1.54) is 45.3 Å². The summed E-state index contributed by atoms with van der Waals surface area (Å²) in [5, 5.41) is 0. The number of nitrogens with zero attached hydrogens (tertiary/aromatic N) is 1. The van der Waals surface area contributed by atoms with Gasteiger partial charge in [0, 0.05) is 13.1 Å². The third kappa shape index (κ3) is 2.07. The van der Waals surface area contributed by atoms with Gasteiger partial charge >= 0.3 is 0 Å². The zero-order chi connectivity index (χ0) is 9.26. The summed E-state index contributed by atoms with van der Waals surface area (Å²) in [6.07, 6.45) is 5.99. The molecule has 0 spiro atoms. The van der Waals surface area contributed by atoms with E-state index in [-0.39, 0.29) is 0 Å². The molecule has 0 aromatic heterocycles. The Bertz CT molecular complexity index is 167. The van der Waals surface area contributed by atoms with Crippen molar-refractivity contribution in [1.29, 1.82) is 0 Å². The maximum atomic E-state index is 2.67. The van der Waals surface area contributed by atoms with Crippen molar-refractivity contribution in [2.45, 2.75) is 39.5 Å². The predicted octanol–water partition coefficient (Wildman–Crippen LogP) is 2.76. The van der Waals surface area contributed by atoms with Gasteiger partial charge in [0.25, 0.3) is 0 Å². The maximum absolute atomic E-state index is 2.67. The Kier molecular flexibility index (Phi) is 2.92. The van der Waals surface area contributed by atoms with Crippen molar-refractivity contribution in [2.75, 3.05) is 19.6 Å².